The lowest BCUT2D eigenvalue weighted by Crippen LogP contribution is -2.48. The number of carbonyl (C=O) groups excluding carboxylic acids is 3. The molecule has 0 saturated heterocycles. The number of fused-ring (bicyclic) bond motifs is 2. The minimum atomic E-state index is -2.63. The first-order chi connectivity index (χ1) is 20.7. The Morgan fingerprint density at radius 2 is 1.72 bits per heavy atom. The number of rotatable bonds is 10. The summed E-state index contributed by atoms with van der Waals surface area (Å²) < 4.78 is 43.4. The van der Waals surface area contributed by atoms with Crippen LogP contribution in [-0.2, 0) is 14.3 Å². The van der Waals surface area contributed by atoms with Gasteiger partial charge in [0.2, 0.25) is 5.91 Å². The molecule has 3 saturated carbocycles. The molecule has 3 aliphatic rings. The number of hydrogen-bond donors (Lipinski definition) is 2. The third kappa shape index (κ3) is 6.78. The van der Waals surface area contributed by atoms with Gasteiger partial charge in [0, 0.05) is 17.3 Å². The number of benzene rings is 2. The number of nitrogens with one attached hydrogen (secondary N) is 2. The van der Waals surface area contributed by atoms with E-state index < -0.39 is 18.4 Å². The van der Waals surface area contributed by atoms with Crippen LogP contribution in [0.25, 0.3) is 0 Å². The van der Waals surface area contributed by atoms with Crippen LogP contribution in [0.4, 0.5) is 14.5 Å². The standard InChI is InChI=1S/C33H40F2N2O6/c1-4-42-33(40)19-10-12-24(13-11-19)43-26-17-25(27(41-3)14-18(26)2)31(38)37-29-21-9-8-20(15-21)28(29)32(39)36-23-7-5-6-22(16-23)30(34)35/h5-7,14,16-17,19-21,24,28-30H,4,8-13,15H2,1-3H3,(H,36,39)(H,37,38)/t19-,20-,21+,24+,28+,29-/m1/s1. The van der Waals surface area contributed by atoms with Gasteiger partial charge in [-0.05, 0) is 100 Å². The number of hydrogen-bond acceptors (Lipinski definition) is 6. The number of alkyl halides is 2. The fourth-order valence-electron chi connectivity index (χ4n) is 7.07. The van der Waals surface area contributed by atoms with Gasteiger partial charge in [-0.3, -0.25) is 14.4 Å². The van der Waals surface area contributed by atoms with E-state index in [0.717, 1.165) is 24.8 Å². The van der Waals surface area contributed by atoms with E-state index in [2.05, 4.69) is 10.6 Å². The van der Waals surface area contributed by atoms with Crippen LogP contribution in [0.15, 0.2) is 36.4 Å². The smallest absolute Gasteiger partial charge is 0.308 e. The monoisotopic (exact) mass is 598 g/mol. The first kappa shape index (κ1) is 30.8. The summed E-state index contributed by atoms with van der Waals surface area (Å²) in [7, 11) is 1.50. The molecule has 43 heavy (non-hydrogen) atoms. The zero-order valence-corrected chi connectivity index (χ0v) is 24.9. The molecule has 3 aliphatic carbocycles. The van der Waals surface area contributed by atoms with Gasteiger partial charge in [-0.15, -0.1) is 0 Å². The number of amides is 2. The van der Waals surface area contributed by atoms with Crippen molar-refractivity contribution in [3.05, 3.63) is 53.1 Å². The summed E-state index contributed by atoms with van der Waals surface area (Å²) in [5.74, 6) is -0.137. The van der Waals surface area contributed by atoms with Crippen LogP contribution in [0.1, 0.15) is 79.8 Å². The summed E-state index contributed by atoms with van der Waals surface area (Å²) >= 11 is 0. The predicted octanol–water partition coefficient (Wildman–Crippen LogP) is 6.23. The minimum absolute atomic E-state index is 0.0871. The summed E-state index contributed by atoms with van der Waals surface area (Å²) in [6.45, 7) is 4.06. The molecule has 4 atom stereocenters. The average molecular weight is 599 g/mol. The summed E-state index contributed by atoms with van der Waals surface area (Å²) in [6, 6.07) is 8.76. The van der Waals surface area contributed by atoms with E-state index in [1.165, 1.54) is 25.3 Å². The summed E-state index contributed by atoms with van der Waals surface area (Å²) in [4.78, 5) is 39.3. The Morgan fingerprint density at radius 1 is 0.977 bits per heavy atom. The van der Waals surface area contributed by atoms with Crippen molar-refractivity contribution < 1.29 is 37.4 Å². The van der Waals surface area contributed by atoms with E-state index in [1.807, 2.05) is 6.92 Å². The highest BCUT2D eigenvalue weighted by molar-refractivity contribution is 5.99. The van der Waals surface area contributed by atoms with Gasteiger partial charge in [0.05, 0.1) is 37.2 Å². The first-order valence-electron chi connectivity index (χ1n) is 15.2. The zero-order valence-electron chi connectivity index (χ0n) is 24.9. The van der Waals surface area contributed by atoms with Gasteiger partial charge < -0.3 is 24.8 Å². The van der Waals surface area contributed by atoms with Gasteiger partial charge in [-0.25, -0.2) is 8.78 Å². The molecule has 232 valence electrons. The highest BCUT2D eigenvalue weighted by Crippen LogP contribution is 2.49. The second-order valence-electron chi connectivity index (χ2n) is 11.9. The summed E-state index contributed by atoms with van der Waals surface area (Å²) in [5, 5.41) is 5.93. The lowest BCUT2D eigenvalue weighted by Gasteiger charge is -2.31. The van der Waals surface area contributed by atoms with Crippen molar-refractivity contribution in [2.24, 2.45) is 23.7 Å². The summed E-state index contributed by atoms with van der Waals surface area (Å²) in [5.41, 5.74) is 1.29. The van der Waals surface area contributed by atoms with E-state index in [4.69, 9.17) is 14.2 Å². The van der Waals surface area contributed by atoms with Crippen LogP contribution < -0.4 is 20.1 Å². The summed E-state index contributed by atoms with van der Waals surface area (Å²) in [6.07, 6.45) is 2.69. The van der Waals surface area contributed by atoms with Crippen molar-refractivity contribution in [1.29, 1.82) is 0 Å². The number of anilines is 1. The van der Waals surface area contributed by atoms with Crippen molar-refractivity contribution in [2.45, 2.75) is 77.4 Å². The number of halogens is 2. The Balaban J connectivity index is 1.28. The first-order valence-corrected chi connectivity index (χ1v) is 15.2. The molecule has 0 heterocycles. The molecule has 2 aromatic rings. The van der Waals surface area contributed by atoms with Crippen LogP contribution in [0.2, 0.25) is 0 Å². The van der Waals surface area contributed by atoms with Gasteiger partial charge in [-0.1, -0.05) is 12.1 Å². The number of carbonyl (C=O) groups is 3. The molecular formula is C33H40F2N2O6. The molecule has 0 aliphatic heterocycles. The fraction of sp³-hybridized carbons (Fsp3) is 0.545. The highest BCUT2D eigenvalue weighted by atomic mass is 19.3. The molecule has 5 rings (SSSR count). The lowest BCUT2D eigenvalue weighted by atomic mass is 9.83. The van der Waals surface area contributed by atoms with Crippen LogP contribution in [0.3, 0.4) is 0 Å². The predicted molar refractivity (Wildman–Crippen MR) is 156 cm³/mol. The van der Waals surface area contributed by atoms with Gasteiger partial charge in [-0.2, -0.15) is 0 Å². The van der Waals surface area contributed by atoms with Gasteiger partial charge >= 0.3 is 5.97 Å². The maximum atomic E-state index is 13.7. The lowest BCUT2D eigenvalue weighted by molar-refractivity contribution is -0.149. The number of ether oxygens (including phenoxy) is 3. The largest absolute Gasteiger partial charge is 0.496 e. The maximum absolute atomic E-state index is 13.7. The molecule has 10 heteroatoms. The van der Waals surface area contributed by atoms with Crippen molar-refractivity contribution in [2.75, 3.05) is 19.0 Å². The Labute approximate surface area is 250 Å². The van der Waals surface area contributed by atoms with Crippen molar-refractivity contribution in [3.63, 3.8) is 0 Å². The van der Waals surface area contributed by atoms with E-state index in [9.17, 15) is 23.2 Å². The zero-order chi connectivity index (χ0) is 30.7. The molecule has 2 amide bonds. The maximum Gasteiger partial charge on any atom is 0.308 e. The van der Waals surface area contributed by atoms with Crippen LogP contribution in [0, 0.1) is 30.6 Å². The van der Waals surface area contributed by atoms with Gasteiger partial charge in [0.1, 0.15) is 11.5 Å². The Bertz CT molecular complexity index is 1340. The molecule has 0 aromatic heterocycles. The topological polar surface area (TPSA) is 103 Å². The van der Waals surface area contributed by atoms with E-state index in [1.54, 1.807) is 25.1 Å². The third-order valence-electron chi connectivity index (χ3n) is 9.25. The van der Waals surface area contributed by atoms with Crippen molar-refractivity contribution in [1.82, 2.24) is 5.32 Å². The second-order valence-corrected chi connectivity index (χ2v) is 11.9. The van der Waals surface area contributed by atoms with Crippen LogP contribution in [-0.4, -0.2) is 43.6 Å². The Hall–Kier alpha value is -3.69. The molecule has 2 bridgehead atoms. The Morgan fingerprint density at radius 3 is 2.42 bits per heavy atom. The van der Waals surface area contributed by atoms with Crippen molar-refractivity contribution >= 4 is 23.5 Å². The molecule has 0 spiro atoms. The van der Waals surface area contributed by atoms with E-state index in [0.29, 0.717) is 55.0 Å². The molecule has 2 N–H and O–H groups in total. The van der Waals surface area contributed by atoms with Gasteiger partial charge in [0.15, 0.2) is 0 Å². The average Bonchev–Trinajstić information content (AvgIpc) is 3.60. The number of methoxy groups -OCH3 is 1. The molecule has 2 aromatic carbocycles. The molecule has 0 radical (unpaired) electrons. The molecule has 0 unspecified atom stereocenters. The second kappa shape index (κ2) is 13.3. The normalized spacial score (nSPS) is 26.2. The molecular weight excluding hydrogens is 558 g/mol. The Kier molecular flexibility index (Phi) is 9.52. The fourth-order valence-corrected chi connectivity index (χ4v) is 7.07. The SMILES string of the molecule is CCOC(=O)[C@H]1CC[C@@H](Oc2cc(C(=O)N[C@@H]3[C@H]4CC[C@H](C4)[C@@H]3C(=O)Nc3cccc(C(F)F)c3)c(OC)cc2C)CC1. The van der Waals surface area contributed by atoms with Gasteiger partial charge in [0.25, 0.3) is 12.3 Å². The van der Waals surface area contributed by atoms with Crippen molar-refractivity contribution in [3.8, 4) is 11.5 Å². The number of aryl methyl sites for hydroxylation is 1. The van der Waals surface area contributed by atoms with E-state index in [-0.39, 0.29) is 47.2 Å². The van der Waals surface area contributed by atoms with Crippen LogP contribution >= 0.6 is 0 Å². The van der Waals surface area contributed by atoms with E-state index >= 15 is 0 Å². The minimum Gasteiger partial charge on any atom is -0.496 e. The molecule has 3 fully saturated rings. The quantitative estimate of drug-likeness (QED) is 0.315. The van der Waals surface area contributed by atoms with Crippen LogP contribution in [0.5, 0.6) is 11.5 Å². The number of esters is 1. The highest BCUT2D eigenvalue weighted by Gasteiger charge is 2.51. The molecule has 8 nitrogen and oxygen atoms in total. The third-order valence-corrected chi connectivity index (χ3v) is 9.25.